The number of nitrogens with zero attached hydrogens (tertiary/aromatic N) is 7. The van der Waals surface area contributed by atoms with Crippen molar-refractivity contribution in [1.82, 2.24) is 34.3 Å². The number of rotatable bonds is 6. The van der Waals surface area contributed by atoms with Crippen LogP contribution in [0.25, 0.3) is 21.6 Å². The van der Waals surface area contributed by atoms with Crippen LogP contribution in [0.1, 0.15) is 46.1 Å². The quantitative estimate of drug-likeness (QED) is 0.293. The molecule has 0 saturated carbocycles. The molecule has 4 aromatic heterocycles. The Morgan fingerprint density at radius 3 is 2.49 bits per heavy atom. The first-order valence-electron chi connectivity index (χ1n) is 15.8. The number of aromatic nitrogens is 5. The summed E-state index contributed by atoms with van der Waals surface area (Å²) in [4.78, 5) is 62.5. The maximum absolute atomic E-state index is 14.1. The summed E-state index contributed by atoms with van der Waals surface area (Å²) in [6, 6.07) is 17.2. The molecule has 47 heavy (non-hydrogen) atoms. The van der Waals surface area contributed by atoms with Crippen LogP contribution in [0.5, 0.6) is 0 Å². The number of carbonyl (C=O) groups excluding carboxylic acids is 2. The molecule has 12 heteroatoms. The summed E-state index contributed by atoms with van der Waals surface area (Å²) in [7, 11) is 0. The molecule has 2 fully saturated rings. The summed E-state index contributed by atoms with van der Waals surface area (Å²) in [5, 5.41) is 12.2. The number of amides is 2. The van der Waals surface area contributed by atoms with E-state index in [2.05, 4.69) is 19.9 Å². The topological polar surface area (TPSA) is 134 Å². The number of aliphatic hydroxyl groups is 1. The van der Waals surface area contributed by atoms with Crippen LogP contribution in [-0.4, -0.2) is 83.0 Å². The van der Waals surface area contributed by atoms with E-state index >= 15 is 0 Å². The smallest absolute Gasteiger partial charge is 0.279 e. The van der Waals surface area contributed by atoms with E-state index in [0.29, 0.717) is 61.5 Å². The number of hydrogen-bond donors (Lipinski definition) is 1. The van der Waals surface area contributed by atoms with Gasteiger partial charge in [0.25, 0.3) is 11.5 Å². The number of piperidine rings is 2. The minimum atomic E-state index is -1.15. The lowest BCUT2D eigenvalue weighted by molar-refractivity contribution is -0.142. The molecule has 0 spiro atoms. The van der Waals surface area contributed by atoms with Gasteiger partial charge in [0.15, 0.2) is 5.52 Å². The molecule has 2 saturated heterocycles. The number of fused-ring (bicyclic) bond motifs is 1. The van der Waals surface area contributed by atoms with Gasteiger partial charge in [-0.2, -0.15) is 0 Å². The van der Waals surface area contributed by atoms with Crippen LogP contribution < -0.4 is 5.56 Å². The van der Waals surface area contributed by atoms with Crippen molar-refractivity contribution in [3.05, 3.63) is 106 Å². The molecule has 7 rings (SSSR count). The highest BCUT2D eigenvalue weighted by atomic mass is 32.1. The van der Waals surface area contributed by atoms with Crippen LogP contribution in [-0.2, 0) is 11.3 Å². The number of thiazole rings is 1. The average Bonchev–Trinajstić information content (AvgIpc) is 3.51. The van der Waals surface area contributed by atoms with Crippen LogP contribution in [0.4, 0.5) is 0 Å². The first kappa shape index (κ1) is 30.8. The standard InChI is InChI=1S/C35H35N7O4S/c1-23-30(47-31(39-23)25-9-15-36-16-10-25)34(45)41-17-11-26(27(20-41)24-6-3-2-4-7-24)32(43)40-18-12-35(46,13-19-40)21-42-22-38-28-8-5-14-37-29(28)33(42)44/h2-10,14-16,22,26-27,46H,11-13,17-21H2,1H3/t26-,27+/m1/s1. The van der Waals surface area contributed by atoms with Gasteiger partial charge in [0, 0.05) is 62.2 Å². The Morgan fingerprint density at radius 1 is 0.957 bits per heavy atom. The van der Waals surface area contributed by atoms with Gasteiger partial charge in [0.1, 0.15) is 9.88 Å². The van der Waals surface area contributed by atoms with Gasteiger partial charge < -0.3 is 14.9 Å². The van der Waals surface area contributed by atoms with Crippen LogP contribution in [0.2, 0.25) is 0 Å². The van der Waals surface area contributed by atoms with Gasteiger partial charge in [-0.05, 0) is 56.0 Å². The Morgan fingerprint density at radius 2 is 1.72 bits per heavy atom. The highest BCUT2D eigenvalue weighted by Gasteiger charge is 2.42. The van der Waals surface area contributed by atoms with Crippen LogP contribution >= 0.6 is 11.3 Å². The van der Waals surface area contributed by atoms with Gasteiger partial charge >= 0.3 is 0 Å². The van der Waals surface area contributed by atoms with E-state index in [1.165, 1.54) is 22.2 Å². The molecular formula is C35H35N7O4S. The van der Waals surface area contributed by atoms with E-state index in [0.717, 1.165) is 16.1 Å². The monoisotopic (exact) mass is 649 g/mol. The zero-order valence-electron chi connectivity index (χ0n) is 26.0. The number of likely N-dealkylation sites (tertiary alicyclic amines) is 2. The van der Waals surface area contributed by atoms with Crippen molar-refractivity contribution in [2.45, 2.75) is 44.2 Å². The van der Waals surface area contributed by atoms with Crippen molar-refractivity contribution >= 4 is 34.2 Å². The van der Waals surface area contributed by atoms with E-state index in [-0.39, 0.29) is 41.3 Å². The Balaban J connectivity index is 1.05. The van der Waals surface area contributed by atoms with Crippen LogP contribution in [0.3, 0.4) is 0 Å². The average molecular weight is 650 g/mol. The molecule has 0 aliphatic carbocycles. The zero-order valence-corrected chi connectivity index (χ0v) is 26.8. The predicted molar refractivity (Wildman–Crippen MR) is 178 cm³/mol. The molecule has 240 valence electrons. The number of hydrogen-bond acceptors (Lipinski definition) is 9. The van der Waals surface area contributed by atoms with Gasteiger partial charge in [-0.1, -0.05) is 30.3 Å². The zero-order chi connectivity index (χ0) is 32.5. The molecule has 0 bridgehead atoms. The molecule has 2 aliphatic heterocycles. The number of carbonyl (C=O) groups is 2. The maximum Gasteiger partial charge on any atom is 0.279 e. The van der Waals surface area contributed by atoms with Crippen molar-refractivity contribution in [2.24, 2.45) is 5.92 Å². The SMILES string of the molecule is Cc1nc(-c2ccncc2)sc1C(=O)N1CC[C@@H](C(=O)N2CCC(O)(Cn3cnc4cccnc4c3=O)CC2)[C@H](c2ccccc2)C1. The maximum atomic E-state index is 14.1. The van der Waals surface area contributed by atoms with E-state index in [1.807, 2.05) is 59.2 Å². The molecule has 11 nitrogen and oxygen atoms in total. The second-order valence-corrected chi connectivity index (χ2v) is 13.4. The molecule has 5 aromatic rings. The molecule has 6 heterocycles. The summed E-state index contributed by atoms with van der Waals surface area (Å²) in [6.07, 6.45) is 7.64. The summed E-state index contributed by atoms with van der Waals surface area (Å²) in [5.41, 5.74) is 1.97. The van der Waals surface area contributed by atoms with Gasteiger partial charge in [-0.25, -0.2) is 15.0 Å². The Bertz CT molecular complexity index is 1970. The largest absolute Gasteiger partial charge is 0.388 e. The lowest BCUT2D eigenvalue weighted by Gasteiger charge is -2.43. The minimum Gasteiger partial charge on any atom is -0.388 e. The normalized spacial score (nSPS) is 19.5. The molecule has 2 amide bonds. The lowest BCUT2D eigenvalue weighted by Crippen LogP contribution is -2.53. The fourth-order valence-corrected chi connectivity index (χ4v) is 7.82. The Hall–Kier alpha value is -4.81. The van der Waals surface area contributed by atoms with E-state index in [4.69, 9.17) is 0 Å². The third-order valence-corrected chi connectivity index (χ3v) is 10.6. The summed E-state index contributed by atoms with van der Waals surface area (Å²) < 4.78 is 1.41. The van der Waals surface area contributed by atoms with E-state index < -0.39 is 5.60 Å². The van der Waals surface area contributed by atoms with E-state index in [9.17, 15) is 19.5 Å². The molecule has 0 unspecified atom stereocenters. The third-order valence-electron chi connectivity index (χ3n) is 9.42. The second-order valence-electron chi connectivity index (χ2n) is 12.4. The second kappa shape index (κ2) is 12.8. The van der Waals surface area contributed by atoms with Gasteiger partial charge in [-0.15, -0.1) is 11.3 Å². The fraction of sp³-hybridized carbons (Fsp3) is 0.343. The Labute approximate surface area is 275 Å². The molecule has 1 N–H and O–H groups in total. The lowest BCUT2D eigenvalue weighted by atomic mass is 9.79. The van der Waals surface area contributed by atoms with Gasteiger partial charge in [-0.3, -0.25) is 23.9 Å². The van der Waals surface area contributed by atoms with Crippen LogP contribution in [0.15, 0.2) is 84.3 Å². The summed E-state index contributed by atoms with van der Waals surface area (Å²) in [6.45, 7) is 3.58. The van der Waals surface area contributed by atoms with Gasteiger partial charge in [0.2, 0.25) is 5.91 Å². The van der Waals surface area contributed by atoms with E-state index in [1.54, 1.807) is 30.7 Å². The highest BCUT2D eigenvalue weighted by Crippen LogP contribution is 2.37. The van der Waals surface area contributed by atoms with Gasteiger partial charge in [0.05, 0.1) is 29.7 Å². The van der Waals surface area contributed by atoms with Crippen molar-refractivity contribution in [3.63, 3.8) is 0 Å². The molecule has 2 aliphatic rings. The van der Waals surface area contributed by atoms with Crippen molar-refractivity contribution < 1.29 is 14.7 Å². The Kier molecular flexibility index (Phi) is 8.37. The number of aryl methyl sites for hydroxylation is 1. The summed E-state index contributed by atoms with van der Waals surface area (Å²) in [5.74, 6) is -0.509. The predicted octanol–water partition coefficient (Wildman–Crippen LogP) is 3.92. The van der Waals surface area contributed by atoms with Crippen LogP contribution in [0, 0.1) is 12.8 Å². The molecule has 0 radical (unpaired) electrons. The molecular weight excluding hydrogens is 614 g/mol. The third kappa shape index (κ3) is 6.18. The molecule has 1 aromatic carbocycles. The first-order valence-corrected chi connectivity index (χ1v) is 16.6. The number of benzene rings is 1. The van der Waals surface area contributed by atoms with Crippen molar-refractivity contribution in [3.8, 4) is 10.6 Å². The minimum absolute atomic E-state index is 0.0377. The van der Waals surface area contributed by atoms with Crippen molar-refractivity contribution in [2.75, 3.05) is 26.2 Å². The highest BCUT2D eigenvalue weighted by molar-refractivity contribution is 7.17. The summed E-state index contributed by atoms with van der Waals surface area (Å²) >= 11 is 1.39. The van der Waals surface area contributed by atoms with Crippen molar-refractivity contribution in [1.29, 1.82) is 0 Å². The molecule has 2 atom stereocenters. The number of pyridine rings is 2. The first-order chi connectivity index (χ1) is 22.8. The fourth-order valence-electron chi connectivity index (χ4n) is 6.78.